The van der Waals surface area contributed by atoms with Crippen LogP contribution in [0.15, 0.2) is 57.5 Å². The summed E-state index contributed by atoms with van der Waals surface area (Å²) in [6, 6.07) is 13.9. The quantitative estimate of drug-likeness (QED) is 0.601. The molecule has 0 fully saturated rings. The second-order valence-corrected chi connectivity index (χ2v) is 7.32. The van der Waals surface area contributed by atoms with Gasteiger partial charge < -0.3 is 18.4 Å². The van der Waals surface area contributed by atoms with Gasteiger partial charge in [0.05, 0.1) is 5.69 Å². The van der Waals surface area contributed by atoms with Crippen LogP contribution in [0.3, 0.4) is 0 Å². The molecule has 0 atom stereocenters. The van der Waals surface area contributed by atoms with Crippen LogP contribution < -0.4 is 10.1 Å². The summed E-state index contributed by atoms with van der Waals surface area (Å²) in [4.78, 5) is 24.0. The first kappa shape index (κ1) is 20.2. The summed E-state index contributed by atoms with van der Waals surface area (Å²) in [5.41, 5.74) is 0.491. The Balaban J connectivity index is 1.46. The molecule has 0 radical (unpaired) electrons. The number of aromatic nitrogens is 1. The maximum Gasteiger partial charge on any atom is 0.374 e. The number of furan rings is 1. The zero-order valence-electron chi connectivity index (χ0n) is 16.4. The van der Waals surface area contributed by atoms with Crippen molar-refractivity contribution in [3.05, 3.63) is 65.7 Å². The highest BCUT2D eigenvalue weighted by molar-refractivity contribution is 5.93. The van der Waals surface area contributed by atoms with E-state index in [1.165, 1.54) is 6.07 Å². The number of benzene rings is 1. The molecule has 0 aliphatic carbocycles. The summed E-state index contributed by atoms with van der Waals surface area (Å²) >= 11 is 0. The van der Waals surface area contributed by atoms with E-state index in [0.29, 0.717) is 17.2 Å². The van der Waals surface area contributed by atoms with Crippen molar-refractivity contribution in [1.29, 1.82) is 0 Å². The predicted molar refractivity (Wildman–Crippen MR) is 104 cm³/mol. The minimum absolute atomic E-state index is 0.0147. The van der Waals surface area contributed by atoms with Gasteiger partial charge in [-0.2, -0.15) is 0 Å². The summed E-state index contributed by atoms with van der Waals surface area (Å²) < 4.78 is 21.0. The van der Waals surface area contributed by atoms with E-state index in [-0.39, 0.29) is 23.7 Å². The Morgan fingerprint density at radius 3 is 2.55 bits per heavy atom. The summed E-state index contributed by atoms with van der Waals surface area (Å²) in [6.45, 7) is 5.60. The number of para-hydroxylation sites is 1. The Hall–Kier alpha value is -3.55. The fourth-order valence-corrected chi connectivity index (χ4v) is 2.30. The zero-order valence-corrected chi connectivity index (χ0v) is 16.4. The lowest BCUT2D eigenvalue weighted by atomic mass is 9.92. The summed E-state index contributed by atoms with van der Waals surface area (Å²) in [5, 5.41) is 6.39. The number of esters is 1. The molecule has 0 spiro atoms. The number of nitrogens with zero attached hydrogens (tertiary/aromatic N) is 1. The van der Waals surface area contributed by atoms with E-state index in [1.54, 1.807) is 12.1 Å². The largest absolute Gasteiger partial charge is 0.486 e. The van der Waals surface area contributed by atoms with E-state index in [1.807, 2.05) is 51.1 Å². The van der Waals surface area contributed by atoms with Crippen molar-refractivity contribution in [3.63, 3.8) is 0 Å². The number of ether oxygens (including phenoxy) is 2. The van der Waals surface area contributed by atoms with Gasteiger partial charge in [-0.15, -0.1) is 0 Å². The van der Waals surface area contributed by atoms with E-state index in [2.05, 4.69) is 10.5 Å². The molecular formula is C21H22N2O6. The number of carbonyl (C=O) groups excluding carboxylic acids is 2. The predicted octanol–water partition coefficient (Wildman–Crippen LogP) is 3.94. The lowest BCUT2D eigenvalue weighted by Crippen LogP contribution is -2.20. The van der Waals surface area contributed by atoms with Gasteiger partial charge in [0.2, 0.25) is 11.6 Å². The van der Waals surface area contributed by atoms with Crippen LogP contribution >= 0.6 is 0 Å². The van der Waals surface area contributed by atoms with E-state index < -0.39 is 18.5 Å². The van der Waals surface area contributed by atoms with Crippen molar-refractivity contribution in [2.75, 3.05) is 11.9 Å². The monoisotopic (exact) mass is 398 g/mol. The van der Waals surface area contributed by atoms with Gasteiger partial charge in [0, 0.05) is 11.5 Å². The molecule has 1 N–H and O–H groups in total. The fraction of sp³-hybridized carbons (Fsp3) is 0.286. The van der Waals surface area contributed by atoms with Gasteiger partial charge in [-0.25, -0.2) is 4.79 Å². The van der Waals surface area contributed by atoms with Gasteiger partial charge in [-0.05, 0) is 24.3 Å². The standard InChI is InChI=1S/C21H22N2O6/c1-21(2,3)17-11-19(29-23-17)22-18(24)13-27-20(25)16-10-9-15(28-16)12-26-14-7-5-4-6-8-14/h4-11H,12-13H2,1-3H3,(H,22,24). The van der Waals surface area contributed by atoms with Crippen LogP contribution in [0.5, 0.6) is 5.75 Å². The van der Waals surface area contributed by atoms with Gasteiger partial charge in [0.25, 0.3) is 5.91 Å². The smallest absolute Gasteiger partial charge is 0.374 e. The van der Waals surface area contributed by atoms with Crippen molar-refractivity contribution in [2.24, 2.45) is 0 Å². The molecule has 3 rings (SSSR count). The Morgan fingerprint density at radius 1 is 1.10 bits per heavy atom. The Morgan fingerprint density at radius 2 is 1.86 bits per heavy atom. The molecule has 29 heavy (non-hydrogen) atoms. The van der Waals surface area contributed by atoms with E-state index >= 15 is 0 Å². The highest BCUT2D eigenvalue weighted by Gasteiger charge is 2.20. The lowest BCUT2D eigenvalue weighted by molar-refractivity contribution is -0.119. The molecule has 1 amide bonds. The average Bonchev–Trinajstić information content (AvgIpc) is 3.35. The van der Waals surface area contributed by atoms with Crippen LogP contribution in [0.4, 0.5) is 5.88 Å². The second-order valence-electron chi connectivity index (χ2n) is 7.32. The van der Waals surface area contributed by atoms with Crippen LogP contribution in [0.1, 0.15) is 42.8 Å². The molecule has 0 aliphatic rings. The molecule has 0 unspecified atom stereocenters. The van der Waals surface area contributed by atoms with Crippen molar-refractivity contribution in [2.45, 2.75) is 32.8 Å². The highest BCUT2D eigenvalue weighted by Crippen LogP contribution is 2.23. The topological polar surface area (TPSA) is 104 Å². The molecule has 0 aliphatic heterocycles. The molecule has 3 aromatic rings. The third kappa shape index (κ3) is 5.71. The molecule has 0 saturated heterocycles. The molecule has 2 heterocycles. The van der Waals surface area contributed by atoms with Crippen molar-refractivity contribution in [3.8, 4) is 5.75 Å². The summed E-state index contributed by atoms with van der Waals surface area (Å²) in [7, 11) is 0. The molecule has 1 aromatic carbocycles. The van der Waals surface area contributed by atoms with Gasteiger partial charge in [-0.3, -0.25) is 10.1 Å². The number of nitrogens with one attached hydrogen (secondary N) is 1. The average molecular weight is 398 g/mol. The molecule has 8 heteroatoms. The van der Waals surface area contributed by atoms with Crippen molar-refractivity contribution < 1.29 is 28.0 Å². The number of anilines is 1. The Bertz CT molecular complexity index is 968. The van der Waals surface area contributed by atoms with Crippen LogP contribution in [-0.2, 0) is 21.6 Å². The Kier molecular flexibility index (Phi) is 6.01. The van der Waals surface area contributed by atoms with E-state index in [9.17, 15) is 9.59 Å². The number of hydrogen-bond acceptors (Lipinski definition) is 7. The molecule has 152 valence electrons. The van der Waals surface area contributed by atoms with Crippen LogP contribution in [0.25, 0.3) is 0 Å². The normalized spacial score (nSPS) is 11.1. The molecule has 8 nitrogen and oxygen atoms in total. The molecular weight excluding hydrogens is 376 g/mol. The first-order valence-electron chi connectivity index (χ1n) is 9.02. The minimum atomic E-state index is -0.751. The van der Waals surface area contributed by atoms with Crippen LogP contribution in [0.2, 0.25) is 0 Å². The molecule has 2 aromatic heterocycles. The number of amides is 1. The van der Waals surface area contributed by atoms with Crippen molar-refractivity contribution >= 4 is 17.8 Å². The van der Waals surface area contributed by atoms with Gasteiger partial charge in [0.1, 0.15) is 18.1 Å². The molecule has 0 saturated carbocycles. The lowest BCUT2D eigenvalue weighted by Gasteiger charge is -2.12. The Labute approximate surface area is 167 Å². The SMILES string of the molecule is CC(C)(C)c1cc(NC(=O)COC(=O)c2ccc(COc3ccccc3)o2)on1. The minimum Gasteiger partial charge on any atom is -0.486 e. The summed E-state index contributed by atoms with van der Waals surface area (Å²) in [5.74, 6) is 0.0232. The summed E-state index contributed by atoms with van der Waals surface area (Å²) in [6.07, 6.45) is 0. The van der Waals surface area contributed by atoms with Crippen molar-refractivity contribution in [1.82, 2.24) is 5.16 Å². The first-order valence-corrected chi connectivity index (χ1v) is 9.02. The number of rotatable bonds is 7. The maximum absolute atomic E-state index is 12.1. The molecule has 0 bridgehead atoms. The third-order valence-corrected chi connectivity index (χ3v) is 3.86. The van der Waals surface area contributed by atoms with Crippen LogP contribution in [-0.4, -0.2) is 23.6 Å². The number of carbonyl (C=O) groups is 2. The van der Waals surface area contributed by atoms with Gasteiger partial charge in [0.15, 0.2) is 6.61 Å². The zero-order chi connectivity index (χ0) is 20.9. The van der Waals surface area contributed by atoms with Gasteiger partial charge in [-0.1, -0.05) is 44.1 Å². The van der Waals surface area contributed by atoms with E-state index in [0.717, 1.165) is 0 Å². The third-order valence-electron chi connectivity index (χ3n) is 3.86. The fourth-order valence-electron chi connectivity index (χ4n) is 2.30. The van der Waals surface area contributed by atoms with Gasteiger partial charge >= 0.3 is 5.97 Å². The van der Waals surface area contributed by atoms with Crippen LogP contribution in [0, 0.1) is 0 Å². The second kappa shape index (κ2) is 8.64. The van der Waals surface area contributed by atoms with E-state index in [4.69, 9.17) is 18.4 Å². The maximum atomic E-state index is 12.1. The first-order chi connectivity index (χ1) is 13.8. The highest BCUT2D eigenvalue weighted by atomic mass is 16.6. The number of hydrogen-bond donors (Lipinski definition) is 1.